The molecule has 1 fully saturated rings. The molecule has 1 rings (SSSR count). The Morgan fingerprint density at radius 3 is 2.69 bits per heavy atom. The Morgan fingerprint density at radius 2 is 2.19 bits per heavy atom. The average Bonchev–Trinajstić information content (AvgIpc) is 2.15. The van der Waals surface area contributed by atoms with Gasteiger partial charge in [0.25, 0.3) is 0 Å². The minimum Gasteiger partial charge on any atom is -0.481 e. The molecule has 1 aliphatic rings. The van der Waals surface area contributed by atoms with Gasteiger partial charge < -0.3 is 15.1 Å². The van der Waals surface area contributed by atoms with Crippen molar-refractivity contribution in [2.24, 2.45) is 0 Å². The van der Waals surface area contributed by atoms with Crippen molar-refractivity contribution >= 4 is 11.9 Å². The van der Waals surface area contributed by atoms with E-state index in [0.29, 0.717) is 0 Å². The quantitative estimate of drug-likeness (QED) is 0.595. The smallest absolute Gasteiger partial charge is 0.321 e. The number of rotatable bonds is 5. The predicted molar refractivity (Wildman–Crippen MR) is 57.3 cm³/mol. The first-order chi connectivity index (χ1) is 7.49. The van der Waals surface area contributed by atoms with Crippen LogP contribution in [0.5, 0.6) is 0 Å². The molecule has 3 N–H and O–H groups in total. The van der Waals surface area contributed by atoms with Crippen LogP contribution in [0.1, 0.15) is 19.3 Å². The molecule has 6 heteroatoms. The Morgan fingerprint density at radius 1 is 1.50 bits per heavy atom. The summed E-state index contributed by atoms with van der Waals surface area (Å²) in [4.78, 5) is 23.5. The highest BCUT2D eigenvalue weighted by Crippen LogP contribution is 2.09. The van der Waals surface area contributed by atoms with E-state index in [9.17, 15) is 9.59 Å². The predicted octanol–water partition coefficient (Wildman–Crippen LogP) is -0.402. The lowest BCUT2D eigenvalue weighted by atomic mass is 10.0. The summed E-state index contributed by atoms with van der Waals surface area (Å²) in [5.41, 5.74) is 0. The van der Waals surface area contributed by atoms with Crippen molar-refractivity contribution in [1.82, 2.24) is 10.2 Å². The molecule has 16 heavy (non-hydrogen) atoms. The third-order valence-electron chi connectivity index (χ3n) is 2.74. The minimum atomic E-state index is -1.10. The zero-order chi connectivity index (χ0) is 12.1. The third-order valence-corrected chi connectivity index (χ3v) is 2.74. The van der Waals surface area contributed by atoms with Crippen LogP contribution in [0.15, 0.2) is 0 Å². The van der Waals surface area contributed by atoms with E-state index >= 15 is 0 Å². The van der Waals surface area contributed by atoms with Gasteiger partial charge in [0.2, 0.25) is 0 Å². The molecular formula is C10H18N2O4. The van der Waals surface area contributed by atoms with Gasteiger partial charge in [-0.1, -0.05) is 0 Å². The summed E-state index contributed by atoms with van der Waals surface area (Å²) < 4.78 is 0. The molecule has 0 aromatic rings. The van der Waals surface area contributed by atoms with E-state index < -0.39 is 18.0 Å². The molecule has 2 unspecified atom stereocenters. The van der Waals surface area contributed by atoms with Crippen molar-refractivity contribution in [3.05, 3.63) is 0 Å². The maximum atomic E-state index is 10.9. The average molecular weight is 230 g/mol. The van der Waals surface area contributed by atoms with Crippen molar-refractivity contribution in [2.45, 2.75) is 31.3 Å². The van der Waals surface area contributed by atoms with Crippen LogP contribution in [-0.2, 0) is 9.59 Å². The molecule has 0 aromatic carbocycles. The van der Waals surface area contributed by atoms with Crippen LogP contribution in [0, 0.1) is 0 Å². The fourth-order valence-corrected chi connectivity index (χ4v) is 1.98. The van der Waals surface area contributed by atoms with E-state index in [1.54, 1.807) is 0 Å². The number of likely N-dealkylation sites (N-methyl/N-ethyl adjacent to an activating group) is 1. The van der Waals surface area contributed by atoms with Crippen LogP contribution < -0.4 is 5.32 Å². The number of carbonyl (C=O) groups is 2. The molecule has 2 atom stereocenters. The monoisotopic (exact) mass is 230 g/mol. The molecule has 0 bridgehead atoms. The summed E-state index contributed by atoms with van der Waals surface area (Å²) in [6.45, 7) is 1.78. The Labute approximate surface area is 94.2 Å². The van der Waals surface area contributed by atoms with Crippen LogP contribution >= 0.6 is 0 Å². The van der Waals surface area contributed by atoms with Crippen LogP contribution in [0.25, 0.3) is 0 Å². The van der Waals surface area contributed by atoms with Gasteiger partial charge in [-0.3, -0.25) is 14.9 Å². The first-order valence-electron chi connectivity index (χ1n) is 5.38. The Bertz CT molecular complexity index is 270. The highest BCUT2D eigenvalue weighted by Gasteiger charge is 2.26. The highest BCUT2D eigenvalue weighted by atomic mass is 16.4. The van der Waals surface area contributed by atoms with E-state index in [4.69, 9.17) is 10.2 Å². The fraction of sp³-hybridized carbons (Fsp3) is 0.800. The van der Waals surface area contributed by atoms with Crippen LogP contribution in [-0.4, -0.2) is 59.3 Å². The number of aliphatic carboxylic acids is 2. The number of carboxylic acids is 2. The van der Waals surface area contributed by atoms with E-state index in [1.807, 2.05) is 7.05 Å². The standard InChI is InChI=1S/C10H18N2O4/c1-12-4-2-3-7(6-12)11-8(10(15)16)5-9(13)14/h7-8,11H,2-6H2,1H3,(H,13,14)(H,15,16). The molecule has 0 amide bonds. The summed E-state index contributed by atoms with van der Waals surface area (Å²) in [5, 5.41) is 20.4. The molecule has 0 aliphatic carbocycles. The lowest BCUT2D eigenvalue weighted by Gasteiger charge is -2.31. The molecule has 1 saturated heterocycles. The summed E-state index contributed by atoms with van der Waals surface area (Å²) in [6, 6.07) is -0.923. The van der Waals surface area contributed by atoms with Gasteiger partial charge in [0.05, 0.1) is 6.42 Å². The third kappa shape index (κ3) is 4.16. The van der Waals surface area contributed by atoms with Crippen LogP contribution in [0.3, 0.4) is 0 Å². The van der Waals surface area contributed by atoms with Crippen molar-refractivity contribution < 1.29 is 19.8 Å². The van der Waals surface area contributed by atoms with E-state index in [-0.39, 0.29) is 12.5 Å². The van der Waals surface area contributed by atoms with Gasteiger partial charge in [-0.05, 0) is 26.4 Å². The highest BCUT2D eigenvalue weighted by molar-refractivity contribution is 5.80. The molecule has 0 aromatic heterocycles. The zero-order valence-electron chi connectivity index (χ0n) is 9.35. The second kappa shape index (κ2) is 5.81. The largest absolute Gasteiger partial charge is 0.481 e. The maximum absolute atomic E-state index is 10.9. The SMILES string of the molecule is CN1CCCC(NC(CC(=O)O)C(=O)O)C1. The van der Waals surface area contributed by atoms with E-state index in [0.717, 1.165) is 25.9 Å². The van der Waals surface area contributed by atoms with Gasteiger partial charge in [-0.15, -0.1) is 0 Å². The Balaban J connectivity index is 2.47. The molecular weight excluding hydrogens is 212 g/mol. The lowest BCUT2D eigenvalue weighted by Crippen LogP contribution is -2.51. The second-order valence-electron chi connectivity index (χ2n) is 4.26. The van der Waals surface area contributed by atoms with Crippen LogP contribution in [0.2, 0.25) is 0 Å². The molecule has 0 saturated carbocycles. The summed E-state index contributed by atoms with van der Waals surface area (Å²) >= 11 is 0. The first kappa shape index (κ1) is 12.9. The number of nitrogens with zero attached hydrogens (tertiary/aromatic N) is 1. The zero-order valence-corrected chi connectivity index (χ0v) is 9.35. The van der Waals surface area contributed by atoms with Crippen molar-refractivity contribution in [3.63, 3.8) is 0 Å². The molecule has 1 aliphatic heterocycles. The van der Waals surface area contributed by atoms with Crippen molar-refractivity contribution in [1.29, 1.82) is 0 Å². The molecule has 92 valence electrons. The minimum absolute atomic E-state index is 0.0687. The van der Waals surface area contributed by atoms with E-state index in [2.05, 4.69) is 10.2 Å². The van der Waals surface area contributed by atoms with Crippen molar-refractivity contribution in [3.8, 4) is 0 Å². The number of nitrogens with one attached hydrogen (secondary N) is 1. The first-order valence-corrected chi connectivity index (χ1v) is 5.38. The maximum Gasteiger partial charge on any atom is 0.321 e. The van der Waals surface area contributed by atoms with Crippen LogP contribution in [0.4, 0.5) is 0 Å². The molecule has 0 radical (unpaired) electrons. The van der Waals surface area contributed by atoms with Crippen molar-refractivity contribution in [2.75, 3.05) is 20.1 Å². The number of piperidine rings is 1. The second-order valence-corrected chi connectivity index (χ2v) is 4.26. The van der Waals surface area contributed by atoms with Gasteiger partial charge in [-0.25, -0.2) is 0 Å². The normalized spacial score (nSPS) is 23.9. The molecule has 0 spiro atoms. The van der Waals surface area contributed by atoms with E-state index in [1.165, 1.54) is 0 Å². The van der Waals surface area contributed by atoms with Gasteiger partial charge >= 0.3 is 11.9 Å². The summed E-state index contributed by atoms with van der Waals surface area (Å²) in [5.74, 6) is -2.19. The van der Waals surface area contributed by atoms with Gasteiger partial charge in [-0.2, -0.15) is 0 Å². The number of hydrogen-bond donors (Lipinski definition) is 3. The van der Waals surface area contributed by atoms with Gasteiger partial charge in [0, 0.05) is 12.6 Å². The van der Waals surface area contributed by atoms with Gasteiger partial charge in [0.1, 0.15) is 6.04 Å². The Hall–Kier alpha value is -1.14. The lowest BCUT2D eigenvalue weighted by molar-refractivity contribution is -0.146. The summed E-state index contributed by atoms with van der Waals surface area (Å²) in [7, 11) is 1.97. The number of likely N-dealkylation sites (tertiary alicyclic amines) is 1. The van der Waals surface area contributed by atoms with Gasteiger partial charge in [0.15, 0.2) is 0 Å². The topological polar surface area (TPSA) is 89.9 Å². The number of hydrogen-bond acceptors (Lipinski definition) is 4. The fourth-order valence-electron chi connectivity index (χ4n) is 1.98. The molecule has 6 nitrogen and oxygen atoms in total. The Kier molecular flexibility index (Phi) is 4.70. The molecule has 1 heterocycles. The number of carboxylic acid groups (broad SMARTS) is 2. The summed E-state index contributed by atoms with van der Waals surface area (Å²) in [6.07, 6.45) is 1.52.